The van der Waals surface area contributed by atoms with Gasteiger partial charge >= 0.3 is 5.97 Å². The molecule has 2 aromatic carbocycles. The summed E-state index contributed by atoms with van der Waals surface area (Å²) in [5, 5.41) is 15.9. The molecule has 0 fully saturated rings. The Labute approximate surface area is 134 Å². The molecule has 4 N–H and O–H groups in total. The number of anilines is 1. The Kier molecular flexibility index (Phi) is 5.30. The zero-order valence-electron chi connectivity index (χ0n) is 12.4. The minimum absolute atomic E-state index is 0.199. The van der Waals surface area contributed by atoms with E-state index in [4.69, 9.17) is 5.84 Å². The molecule has 0 aliphatic carbocycles. The van der Waals surface area contributed by atoms with Crippen molar-refractivity contribution in [3.05, 3.63) is 78.4 Å². The molecule has 0 spiro atoms. The van der Waals surface area contributed by atoms with E-state index in [1.807, 2.05) is 30.3 Å². The van der Waals surface area contributed by atoms with Crippen molar-refractivity contribution >= 4 is 29.1 Å². The summed E-state index contributed by atoms with van der Waals surface area (Å²) in [6.07, 6.45) is 2.90. The molecule has 116 valence electrons. The Hall–Kier alpha value is -3.34. The van der Waals surface area contributed by atoms with E-state index in [0.29, 0.717) is 11.1 Å². The zero-order chi connectivity index (χ0) is 16.7. The zero-order valence-corrected chi connectivity index (χ0v) is 12.4. The summed E-state index contributed by atoms with van der Waals surface area (Å²) >= 11 is 0. The van der Waals surface area contributed by atoms with Gasteiger partial charge in [0.2, 0.25) is 0 Å². The first kappa shape index (κ1) is 16.0. The summed E-state index contributed by atoms with van der Waals surface area (Å²) in [7, 11) is 0. The van der Waals surface area contributed by atoms with E-state index in [2.05, 4.69) is 17.0 Å². The Balaban J connectivity index is 2.59. The van der Waals surface area contributed by atoms with Gasteiger partial charge in [-0.15, -0.1) is 0 Å². The third kappa shape index (κ3) is 3.85. The third-order valence-corrected chi connectivity index (χ3v) is 3.23. The summed E-state index contributed by atoms with van der Waals surface area (Å²) in [6, 6.07) is 16.2. The molecule has 0 atom stereocenters. The quantitative estimate of drug-likeness (QED) is 0.145. The van der Waals surface area contributed by atoms with Gasteiger partial charge in [0.15, 0.2) is 0 Å². The number of allylic oxidation sites excluding steroid dienone is 2. The van der Waals surface area contributed by atoms with E-state index >= 15 is 0 Å². The summed E-state index contributed by atoms with van der Waals surface area (Å²) < 4.78 is 0. The molecule has 0 aliphatic rings. The van der Waals surface area contributed by atoms with Gasteiger partial charge in [-0.25, -0.2) is 4.79 Å². The Morgan fingerprint density at radius 3 is 2.43 bits per heavy atom. The number of rotatable bonds is 6. The largest absolute Gasteiger partial charge is 0.478 e. The van der Waals surface area contributed by atoms with Crippen LogP contribution < -0.4 is 11.2 Å². The highest BCUT2D eigenvalue weighted by Gasteiger charge is 2.16. The molecule has 23 heavy (non-hydrogen) atoms. The first-order chi connectivity index (χ1) is 11.2. The maximum Gasteiger partial charge on any atom is 0.336 e. The van der Waals surface area contributed by atoms with Crippen LogP contribution in [0.1, 0.15) is 11.1 Å². The number of nitrogens with zero attached hydrogens (tertiary/aromatic N) is 1. The van der Waals surface area contributed by atoms with Gasteiger partial charge in [0.1, 0.15) is 6.34 Å². The van der Waals surface area contributed by atoms with Crippen molar-refractivity contribution in [2.24, 2.45) is 10.9 Å². The van der Waals surface area contributed by atoms with Crippen LogP contribution in [0.25, 0.3) is 11.1 Å². The molecule has 0 bridgehead atoms. The lowest BCUT2D eigenvalue weighted by molar-refractivity contribution is -0.130. The van der Waals surface area contributed by atoms with Gasteiger partial charge in [0, 0.05) is 5.69 Å². The minimum Gasteiger partial charge on any atom is -0.478 e. The van der Waals surface area contributed by atoms with Crippen LogP contribution in [0.4, 0.5) is 5.69 Å². The highest BCUT2D eigenvalue weighted by atomic mass is 16.4. The molecule has 0 heterocycles. The van der Waals surface area contributed by atoms with Crippen LogP contribution in [0.5, 0.6) is 0 Å². The second kappa shape index (κ2) is 7.61. The summed E-state index contributed by atoms with van der Waals surface area (Å²) in [6.45, 7) is 3.77. The van der Waals surface area contributed by atoms with Crippen molar-refractivity contribution in [3.63, 3.8) is 0 Å². The summed E-state index contributed by atoms with van der Waals surface area (Å²) in [4.78, 5) is 11.8. The fourth-order valence-electron chi connectivity index (χ4n) is 2.25. The van der Waals surface area contributed by atoms with Crippen LogP contribution >= 0.6 is 0 Å². The van der Waals surface area contributed by atoms with Gasteiger partial charge in [-0.2, -0.15) is 5.10 Å². The molecule has 2 aromatic rings. The smallest absolute Gasteiger partial charge is 0.336 e. The molecule has 0 aromatic heterocycles. The number of nitrogens with one attached hydrogen (secondary N) is 1. The topological polar surface area (TPSA) is 87.7 Å². The minimum atomic E-state index is -1.01. The number of hydrazone groups is 1. The van der Waals surface area contributed by atoms with Crippen molar-refractivity contribution < 1.29 is 9.90 Å². The van der Waals surface area contributed by atoms with Gasteiger partial charge < -0.3 is 16.3 Å². The van der Waals surface area contributed by atoms with Gasteiger partial charge in [-0.3, -0.25) is 0 Å². The number of hydrogen-bond donors (Lipinski definition) is 3. The second-order valence-corrected chi connectivity index (χ2v) is 4.67. The normalized spacial score (nSPS) is 11.8. The Morgan fingerprint density at radius 1 is 1.13 bits per heavy atom. The van der Waals surface area contributed by atoms with Gasteiger partial charge in [-0.1, -0.05) is 55.1 Å². The van der Waals surface area contributed by atoms with E-state index in [-0.39, 0.29) is 5.57 Å². The standard InChI is InChI=1S/C18H17N3O2/c1-2-16(14-9-6-10-15(11-14)20-12-21-19)17(18(22)23)13-7-4-3-5-8-13/h2-12H,1,19H2,(H,20,21)(H,22,23). The summed E-state index contributed by atoms with van der Waals surface area (Å²) in [5.74, 6) is 4.06. The van der Waals surface area contributed by atoms with Crippen molar-refractivity contribution in [3.8, 4) is 0 Å². The molecule has 0 aliphatic heterocycles. The van der Waals surface area contributed by atoms with Crippen molar-refractivity contribution in [2.75, 3.05) is 5.32 Å². The van der Waals surface area contributed by atoms with Crippen LogP contribution in [0.3, 0.4) is 0 Å². The number of nitrogens with two attached hydrogens (primary N) is 1. The molecule has 0 saturated heterocycles. The Bertz CT molecular complexity index is 765. The maximum absolute atomic E-state index is 11.8. The molecular formula is C18H17N3O2. The summed E-state index contributed by atoms with van der Waals surface area (Å²) in [5.41, 5.74) is 2.84. The van der Waals surface area contributed by atoms with Crippen LogP contribution in [0.2, 0.25) is 0 Å². The van der Waals surface area contributed by atoms with Crippen molar-refractivity contribution in [1.82, 2.24) is 0 Å². The monoisotopic (exact) mass is 307 g/mol. The van der Waals surface area contributed by atoms with E-state index in [1.165, 1.54) is 6.34 Å². The predicted octanol–water partition coefficient (Wildman–Crippen LogP) is 3.18. The SMILES string of the molecule is C=CC(=C(C(=O)O)c1ccccc1)c1cccc(NC=NN)c1. The van der Waals surface area contributed by atoms with E-state index in [0.717, 1.165) is 11.3 Å². The van der Waals surface area contributed by atoms with E-state index < -0.39 is 5.97 Å². The van der Waals surface area contributed by atoms with Crippen LogP contribution in [0.15, 0.2) is 72.4 Å². The van der Waals surface area contributed by atoms with E-state index in [9.17, 15) is 9.90 Å². The van der Waals surface area contributed by atoms with Crippen LogP contribution in [0, 0.1) is 0 Å². The lowest BCUT2D eigenvalue weighted by Crippen LogP contribution is -2.03. The highest BCUT2D eigenvalue weighted by Crippen LogP contribution is 2.29. The molecule has 0 radical (unpaired) electrons. The molecular weight excluding hydrogens is 290 g/mol. The molecule has 5 nitrogen and oxygen atoms in total. The van der Waals surface area contributed by atoms with E-state index in [1.54, 1.807) is 30.3 Å². The first-order valence-electron chi connectivity index (χ1n) is 6.91. The Morgan fingerprint density at radius 2 is 1.83 bits per heavy atom. The number of aliphatic carboxylic acids is 1. The lowest BCUT2D eigenvalue weighted by Gasteiger charge is -2.11. The number of carbonyl (C=O) groups is 1. The molecule has 0 saturated carbocycles. The fraction of sp³-hybridized carbons (Fsp3) is 0. The van der Waals surface area contributed by atoms with Crippen molar-refractivity contribution in [1.29, 1.82) is 0 Å². The van der Waals surface area contributed by atoms with Gasteiger partial charge in [0.05, 0.1) is 5.57 Å². The van der Waals surface area contributed by atoms with Gasteiger partial charge in [-0.05, 0) is 28.8 Å². The molecule has 0 unspecified atom stereocenters. The fourth-order valence-corrected chi connectivity index (χ4v) is 2.25. The number of carboxylic acid groups (broad SMARTS) is 1. The molecule has 0 amide bonds. The first-order valence-corrected chi connectivity index (χ1v) is 6.91. The lowest BCUT2D eigenvalue weighted by atomic mass is 9.94. The predicted molar refractivity (Wildman–Crippen MR) is 93.8 cm³/mol. The van der Waals surface area contributed by atoms with Gasteiger partial charge in [0.25, 0.3) is 0 Å². The average molecular weight is 307 g/mol. The number of hydrogen-bond acceptors (Lipinski definition) is 3. The average Bonchev–Trinajstić information content (AvgIpc) is 2.58. The number of benzene rings is 2. The third-order valence-electron chi connectivity index (χ3n) is 3.23. The van der Waals surface area contributed by atoms with Crippen LogP contribution in [-0.2, 0) is 4.79 Å². The highest BCUT2D eigenvalue weighted by molar-refractivity contribution is 6.25. The molecule has 5 heteroatoms. The van der Waals surface area contributed by atoms with Crippen molar-refractivity contribution in [2.45, 2.75) is 0 Å². The molecule has 2 rings (SSSR count). The number of carboxylic acids is 1. The second-order valence-electron chi connectivity index (χ2n) is 4.67. The maximum atomic E-state index is 11.8. The van der Waals surface area contributed by atoms with Crippen LogP contribution in [-0.4, -0.2) is 17.4 Å².